The molecule has 7 heteroatoms. The lowest BCUT2D eigenvalue weighted by molar-refractivity contribution is 0.102. The van der Waals surface area contributed by atoms with Gasteiger partial charge in [0.1, 0.15) is 15.8 Å². The van der Waals surface area contributed by atoms with E-state index >= 15 is 0 Å². The van der Waals surface area contributed by atoms with Crippen molar-refractivity contribution in [2.24, 2.45) is 0 Å². The molecule has 2 aromatic carbocycles. The van der Waals surface area contributed by atoms with Crippen LogP contribution >= 0.6 is 22.7 Å². The molecule has 33 heavy (non-hydrogen) atoms. The number of fused-ring (bicyclic) bond motifs is 2. The quantitative estimate of drug-likeness (QED) is 0.311. The number of ether oxygens (including phenoxy) is 1. The Bertz CT molecular complexity index is 1240. The van der Waals surface area contributed by atoms with Crippen molar-refractivity contribution in [3.05, 3.63) is 64.5 Å². The Labute approximate surface area is 202 Å². The summed E-state index contributed by atoms with van der Waals surface area (Å²) in [5.74, 6) is 0.689. The Morgan fingerprint density at radius 1 is 1.15 bits per heavy atom. The molecule has 0 bridgehead atoms. The van der Waals surface area contributed by atoms with Crippen molar-refractivity contribution in [1.29, 1.82) is 0 Å². The molecule has 4 aromatic rings. The number of benzene rings is 2. The first-order chi connectivity index (χ1) is 16.1. The Morgan fingerprint density at radius 3 is 2.76 bits per heavy atom. The number of likely N-dealkylation sites (N-methyl/N-ethyl adjacent to an activating group) is 1. The highest BCUT2D eigenvalue weighted by molar-refractivity contribution is 7.23. The molecule has 0 spiro atoms. The summed E-state index contributed by atoms with van der Waals surface area (Å²) >= 11 is 3.37. The molecule has 1 aliphatic heterocycles. The summed E-state index contributed by atoms with van der Waals surface area (Å²) < 4.78 is 6.89. The Kier molecular flexibility index (Phi) is 6.44. The number of hydrogen-bond acceptors (Lipinski definition) is 6. The first-order valence-corrected chi connectivity index (χ1v) is 13.0. The Morgan fingerprint density at radius 2 is 1.97 bits per heavy atom. The zero-order valence-electron chi connectivity index (χ0n) is 18.9. The van der Waals surface area contributed by atoms with E-state index in [4.69, 9.17) is 9.72 Å². The van der Waals surface area contributed by atoms with Gasteiger partial charge in [0, 0.05) is 29.1 Å². The number of nitrogens with one attached hydrogen (secondary N) is 1. The van der Waals surface area contributed by atoms with E-state index < -0.39 is 0 Å². The fourth-order valence-electron chi connectivity index (χ4n) is 4.04. The standard InChI is InChI=1S/C26H27N3O2S2/c1-3-4-15-31-18-11-9-17(10-12-18)24(30)28-26-23(19-13-14-29(2)16-22(19)33-26)25-27-20-7-5-6-8-21(20)32-25/h5-12H,3-4,13-16H2,1-2H3,(H,28,30). The molecular weight excluding hydrogens is 450 g/mol. The summed E-state index contributed by atoms with van der Waals surface area (Å²) in [5, 5.41) is 5.07. The van der Waals surface area contributed by atoms with Gasteiger partial charge in [0.2, 0.25) is 0 Å². The van der Waals surface area contributed by atoms with Gasteiger partial charge in [0.15, 0.2) is 0 Å². The maximum atomic E-state index is 13.1. The number of carbonyl (C=O) groups is 1. The van der Waals surface area contributed by atoms with Crippen LogP contribution in [0.4, 0.5) is 5.00 Å². The second kappa shape index (κ2) is 9.63. The van der Waals surface area contributed by atoms with Crippen LogP contribution in [-0.4, -0.2) is 36.0 Å². The number of rotatable bonds is 7. The highest BCUT2D eigenvalue weighted by Gasteiger charge is 2.27. The zero-order valence-corrected chi connectivity index (χ0v) is 20.5. The molecule has 5 rings (SSSR count). The smallest absolute Gasteiger partial charge is 0.256 e. The second-order valence-electron chi connectivity index (χ2n) is 8.36. The number of hydrogen-bond donors (Lipinski definition) is 1. The third kappa shape index (κ3) is 4.67. The topological polar surface area (TPSA) is 54.5 Å². The molecule has 1 N–H and O–H groups in total. The van der Waals surface area contributed by atoms with Gasteiger partial charge in [-0.3, -0.25) is 4.79 Å². The van der Waals surface area contributed by atoms with Crippen LogP contribution in [0.25, 0.3) is 20.8 Å². The van der Waals surface area contributed by atoms with Crippen molar-refractivity contribution >= 4 is 43.8 Å². The normalized spacial score (nSPS) is 13.8. The first-order valence-electron chi connectivity index (χ1n) is 11.4. The molecule has 5 nitrogen and oxygen atoms in total. The highest BCUT2D eigenvalue weighted by Crippen LogP contribution is 2.45. The van der Waals surface area contributed by atoms with E-state index in [2.05, 4.69) is 30.3 Å². The van der Waals surface area contributed by atoms with E-state index in [1.807, 2.05) is 42.5 Å². The van der Waals surface area contributed by atoms with Crippen molar-refractivity contribution in [1.82, 2.24) is 9.88 Å². The molecule has 2 aromatic heterocycles. The summed E-state index contributed by atoms with van der Waals surface area (Å²) in [4.78, 5) is 21.7. The predicted octanol–water partition coefficient (Wildman–Crippen LogP) is 6.44. The van der Waals surface area contributed by atoms with Crippen molar-refractivity contribution in [3.63, 3.8) is 0 Å². The lowest BCUT2D eigenvalue weighted by atomic mass is 10.0. The van der Waals surface area contributed by atoms with Gasteiger partial charge in [-0.15, -0.1) is 22.7 Å². The molecule has 1 aliphatic rings. The monoisotopic (exact) mass is 477 g/mol. The van der Waals surface area contributed by atoms with E-state index in [1.165, 1.54) is 10.4 Å². The third-order valence-electron chi connectivity index (χ3n) is 5.87. The first kappa shape index (κ1) is 22.1. The molecule has 3 heterocycles. The molecule has 0 saturated heterocycles. The maximum Gasteiger partial charge on any atom is 0.256 e. The number of anilines is 1. The molecule has 170 valence electrons. The molecule has 0 atom stereocenters. The number of unbranched alkanes of at least 4 members (excludes halogenated alkanes) is 1. The fraction of sp³-hybridized carbons (Fsp3) is 0.308. The summed E-state index contributed by atoms with van der Waals surface area (Å²) in [6.07, 6.45) is 3.08. The number of para-hydroxylation sites is 1. The van der Waals surface area contributed by atoms with E-state index in [9.17, 15) is 4.79 Å². The van der Waals surface area contributed by atoms with Crippen LogP contribution in [-0.2, 0) is 13.0 Å². The minimum atomic E-state index is -0.107. The summed E-state index contributed by atoms with van der Waals surface area (Å²) in [7, 11) is 2.14. The van der Waals surface area contributed by atoms with E-state index in [1.54, 1.807) is 22.7 Å². The van der Waals surface area contributed by atoms with Gasteiger partial charge in [0.05, 0.1) is 16.8 Å². The molecule has 0 aliphatic carbocycles. The van der Waals surface area contributed by atoms with Gasteiger partial charge < -0.3 is 15.0 Å². The fourth-order valence-corrected chi connectivity index (χ4v) is 6.47. The summed E-state index contributed by atoms with van der Waals surface area (Å²) in [6.45, 7) is 4.74. The number of amides is 1. The molecule has 0 unspecified atom stereocenters. The largest absolute Gasteiger partial charge is 0.494 e. The zero-order chi connectivity index (χ0) is 22.8. The maximum absolute atomic E-state index is 13.1. The molecule has 0 radical (unpaired) electrons. The molecule has 1 amide bonds. The number of carbonyl (C=O) groups excluding carboxylic acids is 1. The van der Waals surface area contributed by atoms with Crippen LogP contribution in [0.1, 0.15) is 40.6 Å². The number of aromatic nitrogens is 1. The van der Waals surface area contributed by atoms with Gasteiger partial charge in [-0.2, -0.15) is 0 Å². The van der Waals surface area contributed by atoms with Gasteiger partial charge >= 0.3 is 0 Å². The molecule has 0 saturated carbocycles. The summed E-state index contributed by atoms with van der Waals surface area (Å²) in [6, 6.07) is 15.6. The molecular formula is C26H27N3O2S2. The van der Waals surface area contributed by atoms with Crippen molar-refractivity contribution < 1.29 is 9.53 Å². The average Bonchev–Trinajstić information content (AvgIpc) is 3.39. The van der Waals surface area contributed by atoms with Gasteiger partial charge in [-0.05, 0) is 61.9 Å². The Balaban J connectivity index is 1.44. The highest BCUT2D eigenvalue weighted by atomic mass is 32.1. The minimum absolute atomic E-state index is 0.107. The number of thiophene rings is 1. The SMILES string of the molecule is CCCCOc1ccc(C(=O)Nc2sc3c(c2-c2nc4ccccc4s2)CCN(C)C3)cc1. The number of nitrogens with zero attached hydrogens (tertiary/aromatic N) is 2. The third-order valence-corrected chi connectivity index (χ3v) is 8.05. The van der Waals surface area contributed by atoms with Gasteiger partial charge in [-0.1, -0.05) is 25.5 Å². The minimum Gasteiger partial charge on any atom is -0.494 e. The second-order valence-corrected chi connectivity index (χ2v) is 10.5. The number of thiazole rings is 1. The predicted molar refractivity (Wildman–Crippen MR) is 138 cm³/mol. The molecule has 0 fully saturated rings. The van der Waals surface area contributed by atoms with Gasteiger partial charge in [-0.25, -0.2) is 4.98 Å². The van der Waals surface area contributed by atoms with Crippen LogP contribution in [0.5, 0.6) is 5.75 Å². The average molecular weight is 478 g/mol. The van der Waals surface area contributed by atoms with Crippen molar-refractivity contribution in [3.8, 4) is 16.3 Å². The Hall–Kier alpha value is -2.74. The van der Waals surface area contributed by atoms with E-state index in [0.29, 0.717) is 12.2 Å². The van der Waals surface area contributed by atoms with E-state index in [-0.39, 0.29) is 5.91 Å². The van der Waals surface area contributed by atoms with E-state index in [0.717, 1.165) is 63.9 Å². The van der Waals surface area contributed by atoms with Crippen molar-refractivity contribution in [2.45, 2.75) is 32.7 Å². The van der Waals surface area contributed by atoms with Crippen LogP contribution in [0.2, 0.25) is 0 Å². The summed E-state index contributed by atoms with van der Waals surface area (Å²) in [5.41, 5.74) is 4.04. The van der Waals surface area contributed by atoms with Crippen molar-refractivity contribution in [2.75, 3.05) is 25.5 Å². The van der Waals surface area contributed by atoms with Crippen LogP contribution in [0.3, 0.4) is 0 Å². The van der Waals surface area contributed by atoms with Crippen LogP contribution < -0.4 is 10.1 Å². The van der Waals surface area contributed by atoms with Gasteiger partial charge in [0.25, 0.3) is 5.91 Å². The van der Waals surface area contributed by atoms with Crippen LogP contribution in [0.15, 0.2) is 48.5 Å². The lowest BCUT2D eigenvalue weighted by Gasteiger charge is -2.22. The van der Waals surface area contributed by atoms with Crippen LogP contribution in [0, 0.1) is 0 Å². The lowest BCUT2D eigenvalue weighted by Crippen LogP contribution is -2.25.